The first-order valence-electron chi connectivity index (χ1n) is 7.95. The van der Waals surface area contributed by atoms with Crippen molar-refractivity contribution in [2.75, 3.05) is 18.4 Å². The molecule has 3 aromatic heterocycles. The van der Waals surface area contributed by atoms with E-state index in [1.165, 1.54) is 10.7 Å². The number of rotatable bonds is 3. The predicted octanol–water partition coefficient (Wildman–Crippen LogP) is 2.30. The zero-order valence-corrected chi connectivity index (χ0v) is 13.1. The van der Waals surface area contributed by atoms with Gasteiger partial charge in [0.05, 0.1) is 17.5 Å². The van der Waals surface area contributed by atoms with E-state index in [0.29, 0.717) is 17.0 Å². The van der Waals surface area contributed by atoms with Crippen LogP contribution in [0.4, 0.5) is 19.0 Å². The molecule has 0 radical (unpaired) electrons. The molecule has 1 aliphatic heterocycles. The van der Waals surface area contributed by atoms with E-state index < -0.39 is 11.9 Å². The lowest BCUT2D eigenvalue weighted by Gasteiger charge is -2.24. The average Bonchev–Trinajstić information content (AvgIpc) is 3.21. The highest BCUT2D eigenvalue weighted by atomic mass is 19.4. The monoisotopic (exact) mass is 351 g/mol. The van der Waals surface area contributed by atoms with Crippen LogP contribution in [0.15, 0.2) is 24.5 Å². The van der Waals surface area contributed by atoms with E-state index in [-0.39, 0.29) is 11.7 Å². The van der Waals surface area contributed by atoms with Gasteiger partial charge in [-0.25, -0.2) is 9.50 Å². The Morgan fingerprint density at radius 1 is 1.32 bits per heavy atom. The second-order valence-corrected chi connectivity index (χ2v) is 5.99. The second-order valence-electron chi connectivity index (χ2n) is 5.99. The third-order valence-corrected chi connectivity index (χ3v) is 4.18. The molecule has 0 spiro atoms. The first kappa shape index (κ1) is 15.9. The summed E-state index contributed by atoms with van der Waals surface area (Å²) in [5.74, 6) is 0.662. The molecule has 1 saturated heterocycles. The van der Waals surface area contributed by atoms with Gasteiger partial charge in [0.15, 0.2) is 5.65 Å². The molecule has 3 aromatic rings. The van der Waals surface area contributed by atoms with Gasteiger partial charge in [-0.2, -0.15) is 23.4 Å². The van der Waals surface area contributed by atoms with Crippen LogP contribution in [0.2, 0.25) is 0 Å². The molecule has 1 aliphatic rings. The number of piperidine rings is 1. The van der Waals surface area contributed by atoms with E-state index >= 15 is 0 Å². The number of nitrogens with one attached hydrogen (secondary N) is 3. The minimum absolute atomic E-state index is 0.159. The Hall–Kier alpha value is -2.62. The van der Waals surface area contributed by atoms with Crippen LogP contribution in [0.5, 0.6) is 0 Å². The number of hydrogen-bond donors (Lipinski definition) is 3. The van der Waals surface area contributed by atoms with Gasteiger partial charge in [-0.05, 0) is 31.5 Å². The van der Waals surface area contributed by atoms with Crippen molar-refractivity contribution in [3.8, 4) is 11.3 Å². The summed E-state index contributed by atoms with van der Waals surface area (Å²) in [5.41, 5.74) is 0.155. The van der Waals surface area contributed by atoms with Crippen molar-refractivity contribution >= 4 is 11.5 Å². The molecule has 1 fully saturated rings. The molecule has 0 bridgehead atoms. The summed E-state index contributed by atoms with van der Waals surface area (Å²) in [5, 5.41) is 16.6. The highest BCUT2D eigenvalue weighted by Crippen LogP contribution is 2.31. The molecular formula is C15H16F3N7. The van der Waals surface area contributed by atoms with Crippen molar-refractivity contribution in [1.29, 1.82) is 0 Å². The smallest absolute Gasteiger partial charge is 0.366 e. The zero-order chi connectivity index (χ0) is 17.4. The molecule has 1 atom stereocenters. The van der Waals surface area contributed by atoms with Gasteiger partial charge in [0.1, 0.15) is 11.5 Å². The Bertz CT molecular complexity index is 877. The van der Waals surface area contributed by atoms with E-state index in [9.17, 15) is 13.2 Å². The first-order valence-corrected chi connectivity index (χ1v) is 7.95. The zero-order valence-electron chi connectivity index (χ0n) is 13.1. The third kappa shape index (κ3) is 3.16. The molecule has 4 rings (SSSR count). The van der Waals surface area contributed by atoms with Gasteiger partial charge in [0.2, 0.25) is 0 Å². The Balaban J connectivity index is 1.65. The van der Waals surface area contributed by atoms with Crippen molar-refractivity contribution < 1.29 is 13.2 Å². The summed E-state index contributed by atoms with van der Waals surface area (Å²) in [4.78, 5) is 4.50. The largest absolute Gasteiger partial charge is 0.432 e. The minimum Gasteiger partial charge on any atom is -0.366 e. The number of hydrogen-bond acceptors (Lipinski definition) is 5. The Morgan fingerprint density at radius 3 is 2.92 bits per heavy atom. The number of aromatic nitrogens is 5. The minimum atomic E-state index is -4.47. The van der Waals surface area contributed by atoms with Gasteiger partial charge in [-0.15, -0.1) is 0 Å². The molecule has 0 saturated carbocycles. The maximum absolute atomic E-state index is 12.8. The topological polar surface area (TPSA) is 82.9 Å². The van der Waals surface area contributed by atoms with Gasteiger partial charge in [0.25, 0.3) is 0 Å². The van der Waals surface area contributed by atoms with Crippen molar-refractivity contribution in [2.45, 2.75) is 25.1 Å². The number of nitrogens with zero attached hydrogens (tertiary/aromatic N) is 4. The molecule has 25 heavy (non-hydrogen) atoms. The van der Waals surface area contributed by atoms with Crippen LogP contribution in [-0.2, 0) is 6.18 Å². The summed E-state index contributed by atoms with van der Waals surface area (Å²) >= 11 is 0. The quantitative estimate of drug-likeness (QED) is 0.674. The Kier molecular flexibility index (Phi) is 3.83. The number of aromatic amines is 1. The van der Waals surface area contributed by atoms with Crippen LogP contribution >= 0.6 is 0 Å². The molecule has 0 amide bonds. The van der Waals surface area contributed by atoms with Crippen LogP contribution in [0, 0.1) is 0 Å². The maximum Gasteiger partial charge on any atom is 0.432 e. The molecule has 4 heterocycles. The fraction of sp³-hybridized carbons (Fsp3) is 0.400. The fourth-order valence-corrected chi connectivity index (χ4v) is 2.92. The van der Waals surface area contributed by atoms with Crippen LogP contribution in [0.1, 0.15) is 18.5 Å². The molecule has 0 aromatic carbocycles. The summed E-state index contributed by atoms with van der Waals surface area (Å²) < 4.78 is 39.8. The van der Waals surface area contributed by atoms with Crippen LogP contribution in [0.25, 0.3) is 16.9 Å². The molecule has 0 aliphatic carbocycles. The molecular weight excluding hydrogens is 335 g/mol. The molecule has 7 nitrogen and oxygen atoms in total. The molecule has 1 unspecified atom stereocenters. The second kappa shape index (κ2) is 6.03. The SMILES string of the molecule is FC(F)(F)c1cc(-c2cnn3ccc(NC4CCCNC4)nc23)n[nH]1. The van der Waals surface area contributed by atoms with Gasteiger partial charge < -0.3 is 10.6 Å². The van der Waals surface area contributed by atoms with Crippen molar-refractivity contribution in [3.63, 3.8) is 0 Å². The Morgan fingerprint density at radius 2 is 2.20 bits per heavy atom. The summed E-state index contributed by atoms with van der Waals surface area (Å²) in [6.07, 6.45) is 0.848. The average molecular weight is 351 g/mol. The number of halogens is 3. The normalized spacial score (nSPS) is 18.6. The number of H-pyrrole nitrogens is 1. The first-order chi connectivity index (χ1) is 12.0. The van der Waals surface area contributed by atoms with Gasteiger partial charge in [-0.3, -0.25) is 5.10 Å². The lowest BCUT2D eigenvalue weighted by Crippen LogP contribution is -2.38. The molecule has 132 valence electrons. The van der Waals surface area contributed by atoms with E-state index in [1.807, 2.05) is 5.10 Å². The van der Waals surface area contributed by atoms with Crippen LogP contribution < -0.4 is 10.6 Å². The summed E-state index contributed by atoms with van der Waals surface area (Å²) in [6.45, 7) is 1.87. The van der Waals surface area contributed by atoms with E-state index in [4.69, 9.17) is 0 Å². The standard InChI is InChI=1S/C15H16F3N7/c16-15(17,18)12-6-11(23-24-12)10-8-20-25-5-3-13(22-14(10)25)21-9-2-1-4-19-7-9/h3,5-6,8-9,19H,1-2,4,7H2,(H,21,22)(H,23,24). The lowest BCUT2D eigenvalue weighted by molar-refractivity contribution is -0.141. The van der Waals surface area contributed by atoms with Crippen molar-refractivity contribution in [2.24, 2.45) is 0 Å². The number of fused-ring (bicyclic) bond motifs is 1. The highest BCUT2D eigenvalue weighted by molar-refractivity contribution is 5.75. The van der Waals surface area contributed by atoms with Crippen molar-refractivity contribution in [1.82, 2.24) is 30.1 Å². The summed E-state index contributed by atoms with van der Waals surface area (Å²) in [6, 6.07) is 3.03. The maximum atomic E-state index is 12.8. The van der Waals surface area contributed by atoms with Gasteiger partial charge >= 0.3 is 6.18 Å². The number of alkyl halides is 3. The van der Waals surface area contributed by atoms with E-state index in [1.54, 1.807) is 12.3 Å². The van der Waals surface area contributed by atoms with Crippen molar-refractivity contribution in [3.05, 3.63) is 30.2 Å². The van der Waals surface area contributed by atoms with Crippen LogP contribution in [-0.4, -0.2) is 43.9 Å². The Labute approximate surface area is 140 Å². The third-order valence-electron chi connectivity index (χ3n) is 4.18. The van der Waals surface area contributed by atoms with Gasteiger partial charge in [0, 0.05) is 18.8 Å². The molecule has 3 N–H and O–H groups in total. The van der Waals surface area contributed by atoms with Crippen LogP contribution in [0.3, 0.4) is 0 Å². The molecule has 10 heteroatoms. The van der Waals surface area contributed by atoms with E-state index in [2.05, 4.69) is 25.8 Å². The fourth-order valence-electron chi connectivity index (χ4n) is 2.92. The highest BCUT2D eigenvalue weighted by Gasteiger charge is 2.33. The number of anilines is 1. The predicted molar refractivity (Wildman–Crippen MR) is 85.1 cm³/mol. The lowest BCUT2D eigenvalue weighted by atomic mass is 10.1. The van der Waals surface area contributed by atoms with E-state index in [0.717, 1.165) is 32.0 Å². The van der Waals surface area contributed by atoms with Gasteiger partial charge in [-0.1, -0.05) is 0 Å². The summed E-state index contributed by atoms with van der Waals surface area (Å²) in [7, 11) is 0.